The topological polar surface area (TPSA) is 38.1 Å². The van der Waals surface area contributed by atoms with Crippen LogP contribution in [0.3, 0.4) is 0 Å². The van der Waals surface area contributed by atoms with Crippen LogP contribution >= 0.6 is 0 Å². The van der Waals surface area contributed by atoms with Crippen LogP contribution in [0.1, 0.15) is 22.9 Å². The molecule has 108 valence electrons. The number of aryl methyl sites for hydroxylation is 2. The van der Waals surface area contributed by atoms with Gasteiger partial charge in [0.15, 0.2) is 0 Å². The molecule has 0 saturated heterocycles. The van der Waals surface area contributed by atoms with Gasteiger partial charge >= 0.3 is 0 Å². The molecule has 3 rings (SSSR count). The monoisotopic (exact) mass is 284 g/mol. The van der Waals surface area contributed by atoms with E-state index in [-0.39, 0.29) is 5.82 Å². The van der Waals surface area contributed by atoms with E-state index >= 15 is 0 Å². The molecule has 0 spiro atoms. The fourth-order valence-corrected chi connectivity index (χ4v) is 2.65. The number of rotatable bonds is 3. The number of aliphatic hydroxyl groups is 1. The van der Waals surface area contributed by atoms with Crippen molar-refractivity contribution in [2.24, 2.45) is 7.05 Å². The van der Waals surface area contributed by atoms with Gasteiger partial charge in [0.1, 0.15) is 11.9 Å². The number of fused-ring (bicyclic) bond motifs is 1. The first-order valence-electron chi connectivity index (χ1n) is 6.91. The molecule has 21 heavy (non-hydrogen) atoms. The molecule has 0 amide bonds. The molecule has 1 heterocycles. The van der Waals surface area contributed by atoms with Crippen LogP contribution in [0.4, 0.5) is 4.39 Å². The third-order valence-electron chi connectivity index (χ3n) is 3.83. The van der Waals surface area contributed by atoms with Gasteiger partial charge in [0.25, 0.3) is 0 Å². The molecule has 0 radical (unpaired) electrons. The van der Waals surface area contributed by atoms with Crippen LogP contribution in [0.2, 0.25) is 0 Å². The van der Waals surface area contributed by atoms with E-state index in [9.17, 15) is 9.50 Å². The number of aromatic nitrogens is 2. The van der Waals surface area contributed by atoms with Crippen molar-refractivity contribution in [1.82, 2.24) is 9.78 Å². The van der Waals surface area contributed by atoms with Crippen molar-refractivity contribution < 1.29 is 9.50 Å². The van der Waals surface area contributed by atoms with Crippen LogP contribution in [0.25, 0.3) is 10.9 Å². The van der Waals surface area contributed by atoms with E-state index in [1.807, 2.05) is 38.2 Å². The van der Waals surface area contributed by atoms with Crippen molar-refractivity contribution in [2.45, 2.75) is 19.4 Å². The maximum Gasteiger partial charge on any atom is 0.123 e. The van der Waals surface area contributed by atoms with Gasteiger partial charge in [-0.15, -0.1) is 0 Å². The molecule has 1 atom stereocenters. The molecule has 0 aliphatic heterocycles. The maximum atomic E-state index is 13.4. The minimum atomic E-state index is -0.753. The summed E-state index contributed by atoms with van der Waals surface area (Å²) >= 11 is 0. The van der Waals surface area contributed by atoms with Crippen LogP contribution in [-0.2, 0) is 13.5 Å². The highest BCUT2D eigenvalue weighted by atomic mass is 19.1. The van der Waals surface area contributed by atoms with Crippen LogP contribution in [0.5, 0.6) is 0 Å². The highest BCUT2D eigenvalue weighted by Crippen LogP contribution is 2.26. The Hall–Kier alpha value is -2.20. The number of para-hydroxylation sites is 1. The molecule has 1 unspecified atom stereocenters. The first kappa shape index (κ1) is 13.8. The van der Waals surface area contributed by atoms with Crippen molar-refractivity contribution in [2.75, 3.05) is 0 Å². The van der Waals surface area contributed by atoms with Crippen LogP contribution in [0, 0.1) is 12.7 Å². The molecule has 0 fully saturated rings. The second kappa shape index (κ2) is 5.30. The Balaban J connectivity index is 1.97. The summed E-state index contributed by atoms with van der Waals surface area (Å²) in [5, 5.41) is 15.8. The number of nitrogens with zero attached hydrogens (tertiary/aromatic N) is 2. The maximum absolute atomic E-state index is 13.4. The second-order valence-electron chi connectivity index (χ2n) is 5.32. The normalized spacial score (nSPS) is 12.8. The average molecular weight is 284 g/mol. The summed E-state index contributed by atoms with van der Waals surface area (Å²) in [7, 11) is 1.85. The predicted octanol–water partition coefficient (Wildman–Crippen LogP) is 3.30. The molecule has 0 aliphatic rings. The van der Waals surface area contributed by atoms with Gasteiger partial charge in [-0.1, -0.05) is 24.3 Å². The molecular formula is C17H17FN2O. The molecule has 3 nitrogen and oxygen atoms in total. The molecule has 1 aromatic heterocycles. The van der Waals surface area contributed by atoms with E-state index in [0.717, 1.165) is 22.0 Å². The van der Waals surface area contributed by atoms with Gasteiger partial charge in [0.05, 0.1) is 11.2 Å². The molecular weight excluding hydrogens is 267 g/mol. The standard InChI is InChI=1S/C17H17FN2O/c1-11-7-8-13(18)9-12(11)10-16(21)17-14-5-3-4-6-15(14)20(2)19-17/h3-9,16,21H,10H2,1-2H3. The summed E-state index contributed by atoms with van der Waals surface area (Å²) in [6.07, 6.45) is -0.401. The third kappa shape index (κ3) is 2.54. The smallest absolute Gasteiger partial charge is 0.123 e. The lowest BCUT2D eigenvalue weighted by Crippen LogP contribution is -2.05. The van der Waals surface area contributed by atoms with E-state index in [4.69, 9.17) is 0 Å². The lowest BCUT2D eigenvalue weighted by atomic mass is 9.99. The number of halogens is 1. The SMILES string of the molecule is Cc1ccc(F)cc1CC(O)c1nn(C)c2ccccc12. The summed E-state index contributed by atoms with van der Waals surface area (Å²) in [4.78, 5) is 0. The molecule has 4 heteroatoms. The van der Waals surface area contributed by atoms with Crippen molar-refractivity contribution in [3.8, 4) is 0 Å². The lowest BCUT2D eigenvalue weighted by Gasteiger charge is -2.11. The highest BCUT2D eigenvalue weighted by Gasteiger charge is 2.18. The van der Waals surface area contributed by atoms with E-state index < -0.39 is 6.10 Å². The third-order valence-corrected chi connectivity index (χ3v) is 3.83. The Labute approximate surface area is 122 Å². The molecule has 0 aliphatic carbocycles. The Morgan fingerprint density at radius 1 is 1.24 bits per heavy atom. The summed E-state index contributed by atoms with van der Waals surface area (Å²) in [6, 6.07) is 12.4. The molecule has 0 saturated carbocycles. The zero-order valence-electron chi connectivity index (χ0n) is 12.0. The number of benzene rings is 2. The Bertz CT molecular complexity index is 795. The second-order valence-corrected chi connectivity index (χ2v) is 5.32. The van der Waals surface area contributed by atoms with Crippen LogP contribution in [-0.4, -0.2) is 14.9 Å². The zero-order chi connectivity index (χ0) is 15.0. The fourth-order valence-electron chi connectivity index (χ4n) is 2.65. The molecule has 1 N–H and O–H groups in total. The van der Waals surface area contributed by atoms with Crippen molar-refractivity contribution in [1.29, 1.82) is 0 Å². The van der Waals surface area contributed by atoms with Gasteiger partial charge in [0, 0.05) is 18.9 Å². The van der Waals surface area contributed by atoms with Crippen molar-refractivity contribution in [3.63, 3.8) is 0 Å². The van der Waals surface area contributed by atoms with Gasteiger partial charge in [-0.25, -0.2) is 4.39 Å². The summed E-state index contributed by atoms with van der Waals surface area (Å²) in [5.74, 6) is -0.284. The zero-order valence-corrected chi connectivity index (χ0v) is 12.0. The first-order valence-corrected chi connectivity index (χ1v) is 6.91. The quantitative estimate of drug-likeness (QED) is 0.801. The van der Waals surface area contributed by atoms with Crippen molar-refractivity contribution in [3.05, 3.63) is 65.1 Å². The molecule has 0 bridgehead atoms. The molecule has 3 aromatic rings. The summed E-state index contributed by atoms with van der Waals surface area (Å²) < 4.78 is 15.1. The van der Waals surface area contributed by atoms with Crippen LogP contribution in [0.15, 0.2) is 42.5 Å². The number of hydrogen-bond acceptors (Lipinski definition) is 2. The first-order chi connectivity index (χ1) is 10.1. The average Bonchev–Trinajstić information content (AvgIpc) is 2.81. The number of hydrogen-bond donors (Lipinski definition) is 1. The highest BCUT2D eigenvalue weighted by molar-refractivity contribution is 5.82. The van der Waals surface area contributed by atoms with Crippen LogP contribution < -0.4 is 0 Å². The Morgan fingerprint density at radius 3 is 2.81 bits per heavy atom. The van der Waals surface area contributed by atoms with Gasteiger partial charge in [-0.3, -0.25) is 4.68 Å². The van der Waals surface area contributed by atoms with E-state index in [0.29, 0.717) is 12.1 Å². The van der Waals surface area contributed by atoms with Gasteiger partial charge in [-0.05, 0) is 36.2 Å². The Morgan fingerprint density at radius 2 is 2.00 bits per heavy atom. The van der Waals surface area contributed by atoms with E-state index in [2.05, 4.69) is 5.10 Å². The van der Waals surface area contributed by atoms with Gasteiger partial charge in [-0.2, -0.15) is 5.10 Å². The minimum absolute atomic E-state index is 0.284. The van der Waals surface area contributed by atoms with Gasteiger partial charge < -0.3 is 5.11 Å². The van der Waals surface area contributed by atoms with Crippen molar-refractivity contribution >= 4 is 10.9 Å². The summed E-state index contributed by atoms with van der Waals surface area (Å²) in [5.41, 5.74) is 3.38. The van der Waals surface area contributed by atoms with E-state index in [1.165, 1.54) is 12.1 Å². The predicted molar refractivity (Wildman–Crippen MR) is 80.5 cm³/mol. The van der Waals surface area contributed by atoms with Gasteiger partial charge in [0.2, 0.25) is 0 Å². The fraction of sp³-hybridized carbons (Fsp3) is 0.235. The molecule has 2 aromatic carbocycles. The minimum Gasteiger partial charge on any atom is -0.386 e. The summed E-state index contributed by atoms with van der Waals surface area (Å²) in [6.45, 7) is 1.91. The lowest BCUT2D eigenvalue weighted by molar-refractivity contribution is 0.174. The largest absolute Gasteiger partial charge is 0.386 e. The number of aliphatic hydroxyl groups excluding tert-OH is 1. The Kier molecular flexibility index (Phi) is 3.47. The van der Waals surface area contributed by atoms with E-state index in [1.54, 1.807) is 10.7 Å².